The molecule has 108 valence electrons. The van der Waals surface area contributed by atoms with Crippen LogP contribution < -0.4 is 0 Å². The number of rotatable bonds is 5. The summed E-state index contributed by atoms with van der Waals surface area (Å²) in [6, 6.07) is 9.68. The molecule has 0 saturated carbocycles. The number of nitrogens with zero attached hydrogens (tertiary/aromatic N) is 5. The van der Waals surface area contributed by atoms with Gasteiger partial charge >= 0.3 is 5.97 Å². The molecule has 1 unspecified atom stereocenters. The molecule has 1 aromatic carbocycles. The summed E-state index contributed by atoms with van der Waals surface area (Å²) in [5, 5.41) is 11.4. The van der Waals surface area contributed by atoms with Gasteiger partial charge in [0.1, 0.15) is 0 Å². The van der Waals surface area contributed by atoms with Crippen molar-refractivity contribution in [2.24, 2.45) is 4.99 Å². The molecule has 0 fully saturated rings. The van der Waals surface area contributed by atoms with Gasteiger partial charge in [-0.3, -0.25) is 0 Å². The molecule has 2 aromatic rings. The molecule has 1 aliphatic heterocycles. The second-order valence-corrected chi connectivity index (χ2v) is 5.00. The molecule has 0 amide bonds. The molecule has 0 spiro atoms. The Morgan fingerprint density at radius 3 is 2.86 bits per heavy atom. The number of ether oxygens (including phenoxy) is 1. The van der Waals surface area contributed by atoms with Crippen molar-refractivity contribution in [1.82, 2.24) is 20.2 Å². The summed E-state index contributed by atoms with van der Waals surface area (Å²) >= 11 is 6.31. The van der Waals surface area contributed by atoms with Crippen molar-refractivity contribution in [2.45, 2.75) is 18.5 Å². The molecule has 0 radical (unpaired) electrons. The molecular formula is C13H12ClN5O2. The number of aromatic nitrogens is 4. The molecule has 0 aliphatic carbocycles. The van der Waals surface area contributed by atoms with Crippen LogP contribution in [0.15, 0.2) is 35.3 Å². The van der Waals surface area contributed by atoms with Crippen LogP contribution in [0.1, 0.15) is 18.3 Å². The number of hydrogen-bond acceptors (Lipinski definition) is 6. The van der Waals surface area contributed by atoms with Gasteiger partial charge in [0, 0.05) is 0 Å². The van der Waals surface area contributed by atoms with Crippen LogP contribution >= 0.6 is 11.6 Å². The highest BCUT2D eigenvalue weighted by Crippen LogP contribution is 2.42. The van der Waals surface area contributed by atoms with Crippen LogP contribution in [0.25, 0.3) is 0 Å². The lowest BCUT2D eigenvalue weighted by atomic mass is 10.2. The summed E-state index contributed by atoms with van der Waals surface area (Å²) < 4.78 is 6.41. The lowest BCUT2D eigenvalue weighted by Gasteiger charge is -2.08. The van der Waals surface area contributed by atoms with E-state index in [9.17, 15) is 4.79 Å². The summed E-state index contributed by atoms with van der Waals surface area (Å²) in [5.74, 6) is -0.224. The average molecular weight is 306 g/mol. The average Bonchev–Trinajstić information content (AvgIpc) is 2.95. The molecule has 21 heavy (non-hydrogen) atoms. The summed E-state index contributed by atoms with van der Waals surface area (Å²) in [6.45, 7) is 2.43. The Morgan fingerprint density at radius 2 is 2.14 bits per heavy atom. The third kappa shape index (κ3) is 2.52. The van der Waals surface area contributed by atoms with Gasteiger partial charge in [-0.2, -0.15) is 0 Å². The first-order valence-electron chi connectivity index (χ1n) is 6.42. The van der Waals surface area contributed by atoms with E-state index in [0.29, 0.717) is 12.4 Å². The van der Waals surface area contributed by atoms with Crippen LogP contribution in [-0.2, 0) is 21.1 Å². The lowest BCUT2D eigenvalue weighted by Crippen LogP contribution is -2.23. The van der Waals surface area contributed by atoms with Crippen molar-refractivity contribution in [3.8, 4) is 0 Å². The fourth-order valence-corrected chi connectivity index (χ4v) is 2.26. The van der Waals surface area contributed by atoms with Gasteiger partial charge in [-0.15, -0.1) is 5.10 Å². The first-order valence-corrected chi connectivity index (χ1v) is 6.80. The predicted molar refractivity (Wildman–Crippen MR) is 75.0 cm³/mol. The van der Waals surface area contributed by atoms with Gasteiger partial charge in [0.05, 0.1) is 13.2 Å². The number of alkyl halides is 1. The van der Waals surface area contributed by atoms with E-state index in [2.05, 4.69) is 20.5 Å². The largest absolute Gasteiger partial charge is 0.461 e. The molecule has 3 rings (SSSR count). The van der Waals surface area contributed by atoms with Crippen LogP contribution in [0, 0.1) is 0 Å². The minimum Gasteiger partial charge on any atom is -0.461 e. The molecule has 1 atom stereocenters. The first-order chi connectivity index (χ1) is 10.1. The fourth-order valence-electron chi connectivity index (χ4n) is 1.97. The van der Waals surface area contributed by atoms with Crippen molar-refractivity contribution >= 4 is 23.3 Å². The Hall–Kier alpha value is -2.28. The second-order valence-electron chi connectivity index (χ2n) is 4.45. The molecule has 7 nitrogen and oxygen atoms in total. The van der Waals surface area contributed by atoms with E-state index in [4.69, 9.17) is 16.3 Å². The van der Waals surface area contributed by atoms with E-state index in [1.54, 1.807) is 6.92 Å². The predicted octanol–water partition coefficient (Wildman–Crippen LogP) is 1.13. The highest BCUT2D eigenvalue weighted by Gasteiger charge is 2.56. The number of carbonyl (C=O) groups excluding carboxylic acids is 1. The zero-order valence-corrected chi connectivity index (χ0v) is 12.0. The maximum atomic E-state index is 11.7. The zero-order chi connectivity index (χ0) is 14.9. The number of halogens is 1. The minimum absolute atomic E-state index is 0.134. The number of aliphatic imine (C=N–C) groups is 1. The maximum Gasteiger partial charge on any atom is 0.356 e. The highest BCUT2D eigenvalue weighted by molar-refractivity contribution is 6.58. The molecule has 8 heteroatoms. The third-order valence-electron chi connectivity index (χ3n) is 3.00. The summed E-state index contributed by atoms with van der Waals surface area (Å²) in [4.78, 5) is 14.4. The Bertz CT molecular complexity index is 700. The van der Waals surface area contributed by atoms with E-state index in [-0.39, 0.29) is 12.3 Å². The number of benzene rings is 1. The molecule has 0 saturated heterocycles. The van der Waals surface area contributed by atoms with E-state index < -0.39 is 11.0 Å². The van der Waals surface area contributed by atoms with Crippen LogP contribution in [0.5, 0.6) is 0 Å². The SMILES string of the molecule is CCOC(=O)C1=NC1(Cl)c1nnnn1Cc1ccccc1. The maximum absolute atomic E-state index is 11.7. The van der Waals surface area contributed by atoms with Gasteiger partial charge in [0.15, 0.2) is 5.71 Å². The van der Waals surface area contributed by atoms with E-state index in [0.717, 1.165) is 5.56 Å². The Kier molecular flexibility index (Phi) is 3.42. The van der Waals surface area contributed by atoms with Gasteiger partial charge in [-0.25, -0.2) is 14.5 Å². The van der Waals surface area contributed by atoms with Crippen LogP contribution in [0.2, 0.25) is 0 Å². The molecule has 0 N–H and O–H groups in total. The summed E-state index contributed by atoms with van der Waals surface area (Å²) in [7, 11) is 0. The van der Waals surface area contributed by atoms with Crippen LogP contribution in [-0.4, -0.2) is 38.5 Å². The molecule has 1 aromatic heterocycles. The van der Waals surface area contributed by atoms with E-state index >= 15 is 0 Å². The molecular weight excluding hydrogens is 294 g/mol. The van der Waals surface area contributed by atoms with Gasteiger partial charge in [-0.1, -0.05) is 41.9 Å². The summed E-state index contributed by atoms with van der Waals surface area (Å²) in [5.41, 5.74) is 1.15. The van der Waals surface area contributed by atoms with Crippen molar-refractivity contribution < 1.29 is 9.53 Å². The normalized spacial score (nSPS) is 20.0. The number of tetrazole rings is 1. The smallest absolute Gasteiger partial charge is 0.356 e. The van der Waals surface area contributed by atoms with Gasteiger partial charge in [0.25, 0.3) is 0 Å². The van der Waals surface area contributed by atoms with Gasteiger partial charge in [-0.05, 0) is 22.9 Å². The summed E-state index contributed by atoms with van der Waals surface area (Å²) in [6.07, 6.45) is 0. The fraction of sp³-hybridized carbons (Fsp3) is 0.308. The Labute approximate surface area is 125 Å². The van der Waals surface area contributed by atoms with Gasteiger partial charge < -0.3 is 4.74 Å². The second kappa shape index (κ2) is 5.25. The minimum atomic E-state index is -1.30. The zero-order valence-electron chi connectivity index (χ0n) is 11.2. The monoisotopic (exact) mass is 305 g/mol. The Balaban J connectivity index is 1.80. The Morgan fingerprint density at radius 1 is 1.38 bits per heavy atom. The quantitative estimate of drug-likeness (QED) is 0.470. The number of hydrogen-bond donors (Lipinski definition) is 0. The van der Waals surface area contributed by atoms with Gasteiger partial charge in [0.2, 0.25) is 10.8 Å². The van der Waals surface area contributed by atoms with Crippen molar-refractivity contribution in [2.75, 3.05) is 6.61 Å². The lowest BCUT2D eigenvalue weighted by molar-refractivity contribution is -0.134. The van der Waals surface area contributed by atoms with Crippen molar-refractivity contribution in [1.29, 1.82) is 0 Å². The molecule has 2 heterocycles. The highest BCUT2D eigenvalue weighted by atomic mass is 35.5. The molecule has 0 bridgehead atoms. The van der Waals surface area contributed by atoms with E-state index in [1.807, 2.05) is 30.3 Å². The molecule has 1 aliphatic rings. The standard InChI is InChI=1S/C13H12ClN5O2/c1-2-21-11(20)10-13(14,15-10)12-16-17-18-19(12)8-9-6-4-3-5-7-9/h3-7H,2,8H2,1H3. The topological polar surface area (TPSA) is 82.3 Å². The number of esters is 1. The van der Waals surface area contributed by atoms with Crippen LogP contribution in [0.4, 0.5) is 0 Å². The number of carbonyl (C=O) groups is 1. The first kappa shape index (κ1) is 13.7. The van der Waals surface area contributed by atoms with E-state index in [1.165, 1.54) is 4.68 Å². The van der Waals surface area contributed by atoms with Crippen LogP contribution in [0.3, 0.4) is 0 Å². The third-order valence-corrected chi connectivity index (χ3v) is 3.43. The van der Waals surface area contributed by atoms with Crippen molar-refractivity contribution in [3.63, 3.8) is 0 Å². The van der Waals surface area contributed by atoms with Crippen molar-refractivity contribution in [3.05, 3.63) is 41.7 Å².